The molecule has 5 rings (SSSR count). The molecule has 3 nitrogen and oxygen atoms in total. The average molecular weight is 423 g/mol. The Hall–Kier alpha value is -3.33. The molecule has 162 valence electrons. The first-order chi connectivity index (χ1) is 15.7. The average Bonchev–Trinajstić information content (AvgIpc) is 3.28. The van der Waals surface area contributed by atoms with E-state index in [0.29, 0.717) is 5.92 Å². The van der Waals surface area contributed by atoms with Crippen LogP contribution in [0.15, 0.2) is 85.1 Å². The van der Waals surface area contributed by atoms with Crippen LogP contribution in [-0.4, -0.2) is 10.6 Å². The van der Waals surface area contributed by atoms with Crippen molar-refractivity contribution in [2.75, 3.05) is 5.32 Å². The van der Waals surface area contributed by atoms with Gasteiger partial charge in [-0.3, -0.25) is 4.57 Å². The van der Waals surface area contributed by atoms with Crippen LogP contribution >= 0.6 is 0 Å². The number of carbonyl (C=O) groups excluding carboxylic acids is 1. The smallest absolute Gasteiger partial charge is 0.307 e. The van der Waals surface area contributed by atoms with Gasteiger partial charge in [0.15, 0.2) is 0 Å². The number of para-hydroxylation sites is 1. The molecule has 3 heteroatoms. The van der Waals surface area contributed by atoms with Crippen molar-refractivity contribution in [2.24, 2.45) is 5.92 Å². The van der Waals surface area contributed by atoms with Crippen LogP contribution in [0.1, 0.15) is 50.5 Å². The lowest BCUT2D eigenvalue weighted by Gasteiger charge is -2.28. The van der Waals surface area contributed by atoms with Crippen LogP contribution in [0.4, 0.5) is 10.5 Å². The Balaban J connectivity index is 1.33. The quantitative estimate of drug-likeness (QED) is 0.354. The largest absolute Gasteiger partial charge is 0.330 e. The fourth-order valence-electron chi connectivity index (χ4n) is 5.06. The maximum absolute atomic E-state index is 12.7. The standard InChI is InChI=1S/C29H30N2O/c1-2-21-8-10-22(11-9-21)23-12-14-24(15-13-23)25-16-17-28-26(20-25)18-19-31(28)29(32)30-27-6-4-3-5-7-27/h3-7,12-22H,2,8-11H2,1H3,(H,30,32)/t21-,22+. The van der Waals surface area contributed by atoms with Crippen molar-refractivity contribution < 1.29 is 4.79 Å². The molecule has 1 aliphatic rings. The predicted molar refractivity (Wildman–Crippen MR) is 133 cm³/mol. The number of nitrogens with one attached hydrogen (secondary N) is 1. The summed E-state index contributed by atoms with van der Waals surface area (Å²) in [7, 11) is 0. The molecule has 0 bridgehead atoms. The molecule has 1 saturated carbocycles. The highest BCUT2D eigenvalue weighted by Gasteiger charge is 2.21. The molecule has 1 fully saturated rings. The monoisotopic (exact) mass is 422 g/mol. The van der Waals surface area contributed by atoms with Crippen molar-refractivity contribution in [1.82, 2.24) is 4.57 Å². The Morgan fingerprint density at radius 2 is 1.59 bits per heavy atom. The van der Waals surface area contributed by atoms with Gasteiger partial charge in [0.2, 0.25) is 0 Å². The van der Waals surface area contributed by atoms with Crippen LogP contribution in [0.5, 0.6) is 0 Å². The summed E-state index contributed by atoms with van der Waals surface area (Å²) in [6.07, 6.45) is 8.54. The number of hydrogen-bond acceptors (Lipinski definition) is 1. The second-order valence-electron chi connectivity index (χ2n) is 9.00. The third-order valence-electron chi connectivity index (χ3n) is 7.07. The minimum atomic E-state index is -0.152. The van der Waals surface area contributed by atoms with E-state index < -0.39 is 0 Å². The van der Waals surface area contributed by atoms with Crippen LogP contribution in [0, 0.1) is 5.92 Å². The molecule has 0 radical (unpaired) electrons. The fraction of sp³-hybridized carbons (Fsp3) is 0.276. The molecule has 0 unspecified atom stereocenters. The molecule has 0 spiro atoms. The van der Waals surface area contributed by atoms with Gasteiger partial charge in [-0.2, -0.15) is 0 Å². The Morgan fingerprint density at radius 3 is 2.31 bits per heavy atom. The molecule has 3 aromatic carbocycles. The maximum atomic E-state index is 12.7. The van der Waals surface area contributed by atoms with E-state index in [1.54, 1.807) is 4.57 Å². The normalized spacial score (nSPS) is 18.5. The van der Waals surface area contributed by atoms with E-state index in [9.17, 15) is 4.79 Å². The van der Waals surface area contributed by atoms with E-state index in [1.807, 2.05) is 48.7 Å². The zero-order valence-corrected chi connectivity index (χ0v) is 18.6. The Labute approximate surface area is 190 Å². The van der Waals surface area contributed by atoms with E-state index in [4.69, 9.17) is 0 Å². The van der Waals surface area contributed by atoms with Crippen molar-refractivity contribution >= 4 is 22.6 Å². The number of fused-ring (bicyclic) bond motifs is 1. The Kier molecular flexibility index (Phi) is 5.81. The van der Waals surface area contributed by atoms with Crippen molar-refractivity contribution in [3.05, 3.63) is 90.6 Å². The van der Waals surface area contributed by atoms with Gasteiger partial charge in [-0.05, 0) is 84.5 Å². The van der Waals surface area contributed by atoms with Gasteiger partial charge in [0, 0.05) is 17.3 Å². The number of nitrogens with zero attached hydrogens (tertiary/aromatic N) is 1. The predicted octanol–water partition coefficient (Wildman–Crippen LogP) is 8.07. The van der Waals surface area contributed by atoms with Crippen LogP contribution in [0.25, 0.3) is 22.0 Å². The third kappa shape index (κ3) is 4.20. The summed E-state index contributed by atoms with van der Waals surface area (Å²) in [4.78, 5) is 12.7. The van der Waals surface area contributed by atoms with Gasteiger partial charge in [-0.1, -0.05) is 61.9 Å². The number of benzene rings is 3. The first-order valence-electron chi connectivity index (χ1n) is 11.8. The van der Waals surface area contributed by atoms with Crippen molar-refractivity contribution in [2.45, 2.75) is 44.9 Å². The number of rotatable bonds is 4. The lowest BCUT2D eigenvalue weighted by atomic mass is 9.77. The zero-order valence-electron chi connectivity index (χ0n) is 18.6. The molecule has 1 aliphatic carbocycles. The molecular formula is C29H30N2O. The zero-order chi connectivity index (χ0) is 21.9. The molecule has 1 heterocycles. The van der Waals surface area contributed by atoms with Crippen LogP contribution < -0.4 is 5.32 Å². The number of hydrogen-bond donors (Lipinski definition) is 1. The molecular weight excluding hydrogens is 392 g/mol. The van der Waals surface area contributed by atoms with E-state index in [2.05, 4.69) is 48.6 Å². The van der Waals surface area contributed by atoms with E-state index in [1.165, 1.54) is 48.8 Å². The lowest BCUT2D eigenvalue weighted by molar-refractivity contribution is 0.254. The minimum absolute atomic E-state index is 0.152. The first-order valence-corrected chi connectivity index (χ1v) is 11.8. The van der Waals surface area contributed by atoms with Crippen LogP contribution in [0.2, 0.25) is 0 Å². The highest BCUT2D eigenvalue weighted by atomic mass is 16.2. The highest BCUT2D eigenvalue weighted by Crippen LogP contribution is 2.37. The van der Waals surface area contributed by atoms with Crippen molar-refractivity contribution in [3.8, 4) is 11.1 Å². The van der Waals surface area contributed by atoms with Crippen molar-refractivity contribution in [3.63, 3.8) is 0 Å². The summed E-state index contributed by atoms with van der Waals surface area (Å²) in [5, 5.41) is 4.01. The van der Waals surface area contributed by atoms with Gasteiger partial charge < -0.3 is 5.32 Å². The second kappa shape index (κ2) is 9.04. The summed E-state index contributed by atoms with van der Waals surface area (Å²) < 4.78 is 1.67. The van der Waals surface area contributed by atoms with E-state index in [0.717, 1.165) is 22.5 Å². The summed E-state index contributed by atoms with van der Waals surface area (Å²) in [6.45, 7) is 2.32. The molecule has 4 aromatic rings. The van der Waals surface area contributed by atoms with Gasteiger partial charge in [0.05, 0.1) is 5.52 Å². The summed E-state index contributed by atoms with van der Waals surface area (Å²) in [5.74, 6) is 1.64. The molecule has 1 amide bonds. The molecule has 0 atom stereocenters. The van der Waals surface area contributed by atoms with Crippen molar-refractivity contribution in [1.29, 1.82) is 0 Å². The molecule has 1 aromatic heterocycles. The van der Waals surface area contributed by atoms with Gasteiger partial charge in [-0.25, -0.2) is 4.79 Å². The SMILES string of the molecule is CC[C@H]1CC[C@@H](c2ccc(-c3ccc4c(ccn4C(=O)Nc4ccccc4)c3)cc2)CC1. The summed E-state index contributed by atoms with van der Waals surface area (Å²) >= 11 is 0. The lowest BCUT2D eigenvalue weighted by Crippen LogP contribution is -2.18. The Morgan fingerprint density at radius 1 is 0.875 bits per heavy atom. The fourth-order valence-corrected chi connectivity index (χ4v) is 5.06. The number of carbonyl (C=O) groups is 1. The first kappa shape index (κ1) is 20.6. The van der Waals surface area contributed by atoms with Gasteiger partial charge in [0.1, 0.15) is 0 Å². The maximum Gasteiger partial charge on any atom is 0.330 e. The highest BCUT2D eigenvalue weighted by molar-refractivity contribution is 5.99. The molecule has 1 N–H and O–H groups in total. The van der Waals surface area contributed by atoms with Crippen LogP contribution in [0.3, 0.4) is 0 Å². The molecule has 0 aliphatic heterocycles. The number of anilines is 1. The Bertz CT molecular complexity index is 1200. The van der Waals surface area contributed by atoms with Crippen LogP contribution in [-0.2, 0) is 0 Å². The summed E-state index contributed by atoms with van der Waals surface area (Å²) in [5.41, 5.74) is 5.58. The second-order valence-corrected chi connectivity index (χ2v) is 9.00. The molecule has 0 saturated heterocycles. The van der Waals surface area contributed by atoms with Gasteiger partial charge in [-0.15, -0.1) is 0 Å². The van der Waals surface area contributed by atoms with Gasteiger partial charge >= 0.3 is 6.03 Å². The van der Waals surface area contributed by atoms with E-state index in [-0.39, 0.29) is 6.03 Å². The number of aromatic nitrogens is 1. The van der Waals surface area contributed by atoms with Gasteiger partial charge in [0.25, 0.3) is 0 Å². The minimum Gasteiger partial charge on any atom is -0.307 e. The molecule has 32 heavy (non-hydrogen) atoms. The topological polar surface area (TPSA) is 34.0 Å². The third-order valence-corrected chi connectivity index (χ3v) is 7.07. The number of amides is 1. The van der Waals surface area contributed by atoms with E-state index >= 15 is 0 Å². The summed E-state index contributed by atoms with van der Waals surface area (Å²) in [6, 6.07) is 26.8.